The zero-order chi connectivity index (χ0) is 22.7. The number of hydrogen-bond acceptors (Lipinski definition) is 4. The molecule has 3 aromatic heterocycles. The summed E-state index contributed by atoms with van der Waals surface area (Å²) in [6.45, 7) is 4.01. The van der Waals surface area contributed by atoms with Gasteiger partial charge in [0.05, 0.1) is 12.8 Å². The maximum absolute atomic E-state index is 13.1. The molecule has 162 valence electrons. The molecule has 0 saturated heterocycles. The van der Waals surface area contributed by atoms with E-state index in [1.807, 2.05) is 47.1 Å². The van der Waals surface area contributed by atoms with Crippen LogP contribution in [-0.2, 0) is 14.1 Å². The summed E-state index contributed by atoms with van der Waals surface area (Å²) < 4.78 is 11.7. The van der Waals surface area contributed by atoms with E-state index >= 15 is 0 Å². The molecular weight excluding hydrogens is 406 g/mol. The first-order valence-electron chi connectivity index (χ1n) is 10.2. The average molecular weight is 429 g/mol. The molecule has 0 amide bonds. The van der Waals surface area contributed by atoms with Crippen LogP contribution in [0.2, 0.25) is 0 Å². The second-order valence-electron chi connectivity index (χ2n) is 7.96. The Morgan fingerprint density at radius 3 is 2.16 bits per heavy atom. The van der Waals surface area contributed by atoms with Gasteiger partial charge >= 0.3 is 5.69 Å². The van der Waals surface area contributed by atoms with E-state index in [2.05, 4.69) is 24.3 Å². The monoisotopic (exact) mass is 429 g/mol. The average Bonchev–Trinajstić information content (AvgIpc) is 3.32. The van der Waals surface area contributed by atoms with Crippen molar-refractivity contribution in [2.45, 2.75) is 13.8 Å². The number of aryl methyl sites for hydroxylation is 3. The summed E-state index contributed by atoms with van der Waals surface area (Å²) in [6.07, 6.45) is 0. The van der Waals surface area contributed by atoms with Gasteiger partial charge in [0.15, 0.2) is 11.2 Å². The Balaban J connectivity index is 1.98. The summed E-state index contributed by atoms with van der Waals surface area (Å²) in [5.41, 5.74) is 4.77. The topological polar surface area (TPSA) is 75.5 Å². The van der Waals surface area contributed by atoms with Gasteiger partial charge in [0.1, 0.15) is 5.75 Å². The summed E-state index contributed by atoms with van der Waals surface area (Å²) in [5, 5.41) is 0. The number of rotatable bonds is 3. The maximum Gasteiger partial charge on any atom is 0.332 e. The Hall–Kier alpha value is -4.07. The van der Waals surface area contributed by atoms with E-state index < -0.39 is 5.69 Å². The lowest BCUT2D eigenvalue weighted by Crippen LogP contribution is -2.37. The molecule has 8 nitrogen and oxygen atoms in total. The van der Waals surface area contributed by atoms with Gasteiger partial charge in [0.25, 0.3) is 5.56 Å². The molecule has 0 aliphatic carbocycles. The van der Waals surface area contributed by atoms with Crippen molar-refractivity contribution in [2.24, 2.45) is 14.1 Å². The summed E-state index contributed by atoms with van der Waals surface area (Å²) in [5.74, 6) is 1.31. The van der Waals surface area contributed by atoms with Gasteiger partial charge in [-0.1, -0.05) is 29.8 Å². The number of benzene rings is 2. The normalized spacial score (nSPS) is 11.5. The van der Waals surface area contributed by atoms with E-state index in [0.717, 1.165) is 38.5 Å². The van der Waals surface area contributed by atoms with Crippen LogP contribution in [-0.4, -0.2) is 30.2 Å². The van der Waals surface area contributed by atoms with Gasteiger partial charge in [-0.15, -0.1) is 0 Å². The predicted octanol–water partition coefficient (Wildman–Crippen LogP) is 2.97. The fourth-order valence-electron chi connectivity index (χ4n) is 4.24. The summed E-state index contributed by atoms with van der Waals surface area (Å²) in [7, 11) is 4.74. The molecule has 32 heavy (non-hydrogen) atoms. The molecular formula is C24H23N5O3. The lowest BCUT2D eigenvalue weighted by Gasteiger charge is -2.11. The highest BCUT2D eigenvalue weighted by Gasteiger charge is 2.24. The second-order valence-corrected chi connectivity index (χ2v) is 7.96. The van der Waals surface area contributed by atoms with Crippen molar-refractivity contribution in [3.63, 3.8) is 0 Å². The van der Waals surface area contributed by atoms with Crippen molar-refractivity contribution in [1.29, 1.82) is 0 Å². The fraction of sp³-hybridized carbons (Fsp3) is 0.208. The first-order chi connectivity index (χ1) is 15.3. The molecule has 0 radical (unpaired) electrons. The van der Waals surface area contributed by atoms with Crippen molar-refractivity contribution in [3.8, 4) is 22.7 Å². The molecule has 0 unspecified atom stereocenters. The molecule has 5 aromatic rings. The largest absolute Gasteiger partial charge is 0.497 e. The first-order valence-corrected chi connectivity index (χ1v) is 10.2. The number of methoxy groups -OCH3 is 1. The standard InChI is InChI=1S/C24H23N5O3/c1-14-6-8-16(9-7-14)19-15(2)28-20-21(26(3)24(31)27(4)22(20)30)25-23(28)29(19)17-10-12-18(32-5)13-11-17/h6-13H,1-5H3. The molecule has 2 aromatic carbocycles. The first kappa shape index (κ1) is 19.9. The molecule has 5 rings (SSSR count). The number of imidazole rings is 2. The van der Waals surface area contributed by atoms with Crippen molar-refractivity contribution < 1.29 is 4.74 Å². The third kappa shape index (κ3) is 2.65. The van der Waals surface area contributed by atoms with E-state index in [9.17, 15) is 9.59 Å². The van der Waals surface area contributed by atoms with Crippen molar-refractivity contribution in [3.05, 3.63) is 80.6 Å². The van der Waals surface area contributed by atoms with Crippen LogP contribution in [0.4, 0.5) is 0 Å². The zero-order valence-corrected chi connectivity index (χ0v) is 18.6. The highest BCUT2D eigenvalue weighted by atomic mass is 16.5. The van der Waals surface area contributed by atoms with Crippen LogP contribution in [0.15, 0.2) is 58.1 Å². The van der Waals surface area contributed by atoms with Gasteiger partial charge in [-0.05, 0) is 38.1 Å². The van der Waals surface area contributed by atoms with Crippen molar-refractivity contribution >= 4 is 16.9 Å². The quantitative estimate of drug-likeness (QED) is 0.442. The molecule has 0 atom stereocenters. The summed E-state index contributed by atoms with van der Waals surface area (Å²) >= 11 is 0. The van der Waals surface area contributed by atoms with Crippen LogP contribution in [0.5, 0.6) is 5.75 Å². The molecule has 0 saturated carbocycles. The summed E-state index contributed by atoms with van der Waals surface area (Å²) in [4.78, 5) is 30.4. The van der Waals surface area contributed by atoms with Crippen molar-refractivity contribution in [2.75, 3.05) is 7.11 Å². The number of aromatic nitrogens is 5. The van der Waals surface area contributed by atoms with Crippen LogP contribution in [0.3, 0.4) is 0 Å². The molecule has 0 aliphatic rings. The Morgan fingerprint density at radius 1 is 0.875 bits per heavy atom. The highest BCUT2D eigenvalue weighted by molar-refractivity contribution is 5.81. The van der Waals surface area contributed by atoms with Crippen LogP contribution in [0.25, 0.3) is 33.9 Å². The minimum absolute atomic E-state index is 0.355. The molecule has 0 aliphatic heterocycles. The minimum atomic E-state index is -0.407. The van der Waals surface area contributed by atoms with Crippen LogP contribution in [0, 0.1) is 13.8 Å². The molecule has 0 fully saturated rings. The SMILES string of the molecule is COc1ccc(-n2c(-c3ccc(C)cc3)c(C)n3c4c(=O)n(C)c(=O)n(C)c4nc23)cc1. The van der Waals surface area contributed by atoms with Crippen LogP contribution < -0.4 is 16.0 Å². The Labute approximate surface area is 183 Å². The van der Waals surface area contributed by atoms with E-state index in [-0.39, 0.29) is 5.56 Å². The molecule has 0 bridgehead atoms. The zero-order valence-electron chi connectivity index (χ0n) is 18.6. The smallest absolute Gasteiger partial charge is 0.332 e. The van der Waals surface area contributed by atoms with Gasteiger partial charge in [0, 0.05) is 31.0 Å². The van der Waals surface area contributed by atoms with Crippen LogP contribution in [0.1, 0.15) is 11.3 Å². The van der Waals surface area contributed by atoms with E-state index in [0.29, 0.717) is 16.9 Å². The minimum Gasteiger partial charge on any atom is -0.497 e. The Morgan fingerprint density at radius 2 is 1.53 bits per heavy atom. The van der Waals surface area contributed by atoms with E-state index in [1.165, 1.54) is 11.6 Å². The number of nitrogens with zero attached hydrogens (tertiary/aromatic N) is 5. The van der Waals surface area contributed by atoms with Gasteiger partial charge in [-0.2, -0.15) is 4.98 Å². The summed E-state index contributed by atoms with van der Waals surface area (Å²) in [6, 6.07) is 15.9. The number of ether oxygens (including phenoxy) is 1. The van der Waals surface area contributed by atoms with Crippen LogP contribution >= 0.6 is 0 Å². The molecule has 0 N–H and O–H groups in total. The third-order valence-electron chi connectivity index (χ3n) is 6.00. The highest BCUT2D eigenvalue weighted by Crippen LogP contribution is 2.33. The Kier molecular flexibility index (Phi) is 4.33. The second kappa shape index (κ2) is 6.98. The van der Waals surface area contributed by atoms with Gasteiger partial charge in [-0.3, -0.25) is 22.9 Å². The fourth-order valence-corrected chi connectivity index (χ4v) is 4.24. The number of hydrogen-bond donors (Lipinski definition) is 0. The molecule has 0 spiro atoms. The lowest BCUT2D eigenvalue weighted by atomic mass is 10.1. The maximum atomic E-state index is 13.1. The van der Waals surface area contributed by atoms with E-state index in [1.54, 1.807) is 14.2 Å². The van der Waals surface area contributed by atoms with Crippen molar-refractivity contribution in [1.82, 2.24) is 23.1 Å². The van der Waals surface area contributed by atoms with Gasteiger partial charge in [-0.25, -0.2) is 4.79 Å². The molecule has 8 heteroatoms. The lowest BCUT2D eigenvalue weighted by molar-refractivity contribution is 0.415. The van der Waals surface area contributed by atoms with E-state index in [4.69, 9.17) is 9.72 Å². The predicted molar refractivity (Wildman–Crippen MR) is 124 cm³/mol. The van der Waals surface area contributed by atoms with Gasteiger partial charge in [0.2, 0.25) is 5.78 Å². The van der Waals surface area contributed by atoms with Gasteiger partial charge < -0.3 is 4.74 Å². The Bertz CT molecular complexity index is 1610. The molecule has 3 heterocycles. The number of fused-ring (bicyclic) bond motifs is 3. The third-order valence-corrected chi connectivity index (χ3v) is 6.00.